The molecule has 4 heteroatoms. The van der Waals surface area contributed by atoms with Crippen LogP contribution in [0, 0.1) is 0 Å². The molecule has 0 bridgehead atoms. The fraction of sp³-hybridized carbons (Fsp3) is 0.250. The van der Waals surface area contributed by atoms with E-state index in [0.717, 1.165) is 28.8 Å². The van der Waals surface area contributed by atoms with Crippen molar-refractivity contribution in [3.63, 3.8) is 0 Å². The summed E-state index contributed by atoms with van der Waals surface area (Å²) in [5.74, 6) is 1.00. The highest BCUT2D eigenvalue weighted by Gasteiger charge is 2.04. The molecule has 1 aromatic heterocycles. The Hall–Kier alpha value is -1.13. The first-order chi connectivity index (χ1) is 7.81. The Morgan fingerprint density at radius 1 is 1.25 bits per heavy atom. The number of nitrogens with two attached hydrogens (primary N) is 1. The Morgan fingerprint density at radius 3 is 2.69 bits per heavy atom. The van der Waals surface area contributed by atoms with Gasteiger partial charge in [0, 0.05) is 29.0 Å². The average Bonchev–Trinajstić information content (AvgIpc) is 2.75. The molecule has 1 aromatic carbocycles. The van der Waals surface area contributed by atoms with Crippen molar-refractivity contribution in [2.45, 2.75) is 13.0 Å². The van der Waals surface area contributed by atoms with Crippen molar-refractivity contribution in [3.8, 4) is 11.4 Å². The molecule has 0 amide bonds. The molecule has 0 fully saturated rings. The monoisotopic (exact) mass is 279 g/mol. The van der Waals surface area contributed by atoms with Gasteiger partial charge in [0.1, 0.15) is 5.82 Å². The molecule has 0 radical (unpaired) electrons. The van der Waals surface area contributed by atoms with Gasteiger partial charge in [0.05, 0.1) is 0 Å². The Kier molecular flexibility index (Phi) is 3.74. The SMILES string of the molecule is NCCCn1ccnc1-c1ccc(Br)cc1. The molecule has 0 spiro atoms. The molecule has 0 aliphatic carbocycles. The standard InChI is InChI=1S/C12H14BrN3/c13-11-4-2-10(3-5-11)12-15-7-9-16(12)8-1-6-14/h2-5,7,9H,1,6,8,14H2. The van der Waals surface area contributed by atoms with Crippen LogP contribution in [0.15, 0.2) is 41.1 Å². The number of benzene rings is 1. The molecular formula is C12H14BrN3. The number of hydrogen-bond donors (Lipinski definition) is 1. The maximum atomic E-state index is 5.51. The Balaban J connectivity index is 2.26. The van der Waals surface area contributed by atoms with Gasteiger partial charge in [0.2, 0.25) is 0 Å². The van der Waals surface area contributed by atoms with Crippen LogP contribution in [0.2, 0.25) is 0 Å². The molecule has 0 aliphatic rings. The average molecular weight is 280 g/mol. The highest BCUT2D eigenvalue weighted by molar-refractivity contribution is 9.10. The van der Waals surface area contributed by atoms with Gasteiger partial charge in [-0.05, 0) is 25.1 Å². The Bertz CT molecular complexity index is 448. The minimum Gasteiger partial charge on any atom is -0.331 e. The normalized spacial score (nSPS) is 10.6. The van der Waals surface area contributed by atoms with E-state index in [4.69, 9.17) is 5.73 Å². The number of aryl methyl sites for hydroxylation is 1. The van der Waals surface area contributed by atoms with Gasteiger partial charge in [-0.3, -0.25) is 0 Å². The largest absolute Gasteiger partial charge is 0.331 e. The van der Waals surface area contributed by atoms with Crippen LogP contribution in [0.5, 0.6) is 0 Å². The molecule has 0 aliphatic heterocycles. The van der Waals surface area contributed by atoms with Gasteiger partial charge in [-0.1, -0.05) is 28.1 Å². The summed E-state index contributed by atoms with van der Waals surface area (Å²) in [6.45, 7) is 1.62. The first-order valence-corrected chi connectivity index (χ1v) is 6.07. The number of rotatable bonds is 4. The molecule has 1 heterocycles. The highest BCUT2D eigenvalue weighted by Crippen LogP contribution is 2.20. The van der Waals surface area contributed by atoms with Gasteiger partial charge in [0.25, 0.3) is 0 Å². The first-order valence-electron chi connectivity index (χ1n) is 5.28. The van der Waals surface area contributed by atoms with Crippen LogP contribution in [0.25, 0.3) is 11.4 Å². The van der Waals surface area contributed by atoms with Crippen LogP contribution in [0.1, 0.15) is 6.42 Å². The van der Waals surface area contributed by atoms with E-state index < -0.39 is 0 Å². The summed E-state index contributed by atoms with van der Waals surface area (Å²) in [6, 6.07) is 8.17. The van der Waals surface area contributed by atoms with E-state index >= 15 is 0 Å². The number of aromatic nitrogens is 2. The van der Waals surface area contributed by atoms with Crippen LogP contribution in [-0.2, 0) is 6.54 Å². The minimum atomic E-state index is 0.706. The zero-order valence-corrected chi connectivity index (χ0v) is 10.5. The lowest BCUT2D eigenvalue weighted by atomic mass is 10.2. The fourth-order valence-electron chi connectivity index (χ4n) is 1.61. The highest BCUT2D eigenvalue weighted by atomic mass is 79.9. The molecule has 2 rings (SSSR count). The molecule has 0 saturated carbocycles. The van der Waals surface area contributed by atoms with Gasteiger partial charge in [0.15, 0.2) is 0 Å². The summed E-state index contributed by atoms with van der Waals surface area (Å²) in [4.78, 5) is 4.38. The third kappa shape index (κ3) is 2.51. The third-order valence-corrected chi connectivity index (χ3v) is 2.95. The third-order valence-electron chi connectivity index (χ3n) is 2.42. The summed E-state index contributed by atoms with van der Waals surface area (Å²) in [5, 5.41) is 0. The summed E-state index contributed by atoms with van der Waals surface area (Å²) >= 11 is 3.43. The number of halogens is 1. The first kappa shape index (κ1) is 11.4. The van der Waals surface area contributed by atoms with E-state index in [1.165, 1.54) is 0 Å². The maximum absolute atomic E-state index is 5.51. The van der Waals surface area contributed by atoms with E-state index in [2.05, 4.69) is 37.6 Å². The summed E-state index contributed by atoms with van der Waals surface area (Å²) in [6.07, 6.45) is 4.79. The van der Waals surface area contributed by atoms with Gasteiger partial charge >= 0.3 is 0 Å². The molecule has 3 nitrogen and oxygen atoms in total. The van der Waals surface area contributed by atoms with E-state index in [0.29, 0.717) is 6.54 Å². The van der Waals surface area contributed by atoms with Crippen LogP contribution in [0.3, 0.4) is 0 Å². The number of imidazole rings is 1. The van der Waals surface area contributed by atoms with E-state index in [9.17, 15) is 0 Å². The summed E-state index contributed by atoms with van der Waals surface area (Å²) < 4.78 is 3.21. The second-order valence-electron chi connectivity index (χ2n) is 3.59. The number of nitrogens with zero attached hydrogens (tertiary/aromatic N) is 2. The predicted octanol–water partition coefficient (Wildman–Crippen LogP) is 2.66. The summed E-state index contributed by atoms with van der Waals surface area (Å²) in [5.41, 5.74) is 6.64. The van der Waals surface area contributed by atoms with Gasteiger partial charge in [-0.2, -0.15) is 0 Å². The topological polar surface area (TPSA) is 43.8 Å². The molecule has 0 unspecified atom stereocenters. The van der Waals surface area contributed by atoms with Gasteiger partial charge < -0.3 is 10.3 Å². The van der Waals surface area contributed by atoms with Crippen molar-refractivity contribution in [1.29, 1.82) is 0 Å². The maximum Gasteiger partial charge on any atom is 0.139 e. The molecule has 16 heavy (non-hydrogen) atoms. The van der Waals surface area contributed by atoms with Crippen LogP contribution < -0.4 is 5.73 Å². The molecule has 84 valence electrons. The van der Waals surface area contributed by atoms with E-state index in [1.807, 2.05) is 24.5 Å². The van der Waals surface area contributed by atoms with Gasteiger partial charge in [-0.15, -0.1) is 0 Å². The Labute approximate surface area is 103 Å². The van der Waals surface area contributed by atoms with Crippen molar-refractivity contribution in [1.82, 2.24) is 9.55 Å². The van der Waals surface area contributed by atoms with Crippen LogP contribution in [-0.4, -0.2) is 16.1 Å². The van der Waals surface area contributed by atoms with E-state index in [-0.39, 0.29) is 0 Å². The fourth-order valence-corrected chi connectivity index (χ4v) is 1.87. The second-order valence-corrected chi connectivity index (χ2v) is 4.51. The lowest BCUT2D eigenvalue weighted by Crippen LogP contribution is -2.06. The van der Waals surface area contributed by atoms with Crippen molar-refractivity contribution < 1.29 is 0 Å². The number of hydrogen-bond acceptors (Lipinski definition) is 2. The van der Waals surface area contributed by atoms with Crippen molar-refractivity contribution in [2.75, 3.05) is 6.54 Å². The quantitative estimate of drug-likeness (QED) is 0.935. The zero-order chi connectivity index (χ0) is 11.4. The minimum absolute atomic E-state index is 0.706. The van der Waals surface area contributed by atoms with Crippen molar-refractivity contribution in [3.05, 3.63) is 41.1 Å². The zero-order valence-electron chi connectivity index (χ0n) is 8.94. The lowest BCUT2D eigenvalue weighted by molar-refractivity contribution is 0.656. The molecule has 2 aromatic rings. The lowest BCUT2D eigenvalue weighted by Gasteiger charge is -2.06. The predicted molar refractivity (Wildman–Crippen MR) is 69.0 cm³/mol. The molecular weight excluding hydrogens is 266 g/mol. The Morgan fingerprint density at radius 2 is 2.00 bits per heavy atom. The molecule has 0 atom stereocenters. The second kappa shape index (κ2) is 5.27. The van der Waals surface area contributed by atoms with Crippen LogP contribution >= 0.6 is 15.9 Å². The van der Waals surface area contributed by atoms with E-state index in [1.54, 1.807) is 0 Å². The van der Waals surface area contributed by atoms with Gasteiger partial charge in [-0.25, -0.2) is 4.98 Å². The van der Waals surface area contributed by atoms with Crippen molar-refractivity contribution in [2.24, 2.45) is 5.73 Å². The molecule has 2 N–H and O–H groups in total. The smallest absolute Gasteiger partial charge is 0.139 e. The van der Waals surface area contributed by atoms with Crippen molar-refractivity contribution >= 4 is 15.9 Å². The molecule has 0 saturated heterocycles. The van der Waals surface area contributed by atoms with Crippen LogP contribution in [0.4, 0.5) is 0 Å². The summed E-state index contributed by atoms with van der Waals surface area (Å²) in [7, 11) is 0.